The van der Waals surface area contributed by atoms with Crippen molar-refractivity contribution in [2.75, 3.05) is 0 Å². The lowest BCUT2D eigenvalue weighted by atomic mass is 10.1. The maximum atomic E-state index is 9.83. The van der Waals surface area contributed by atoms with E-state index >= 15 is 0 Å². The van der Waals surface area contributed by atoms with Gasteiger partial charge in [0.25, 0.3) is 0 Å². The Labute approximate surface area is 112 Å². The summed E-state index contributed by atoms with van der Waals surface area (Å²) in [6, 6.07) is 10.3. The number of rotatable bonds is 9. The van der Waals surface area contributed by atoms with E-state index in [0.717, 1.165) is 19.3 Å². The zero-order valence-electron chi connectivity index (χ0n) is 11.5. The van der Waals surface area contributed by atoms with Crippen LogP contribution in [0.25, 0.3) is 0 Å². The summed E-state index contributed by atoms with van der Waals surface area (Å²) in [6.07, 6.45) is 11.8. The van der Waals surface area contributed by atoms with Crippen LogP contribution in [0.4, 0.5) is 0 Å². The van der Waals surface area contributed by atoms with E-state index in [4.69, 9.17) is 0 Å². The molecule has 0 heterocycles. The minimum absolute atomic E-state index is 0.295. The smallest absolute Gasteiger partial charge is 0.0724 e. The normalized spacial score (nSPS) is 13.0. The molecule has 0 amide bonds. The fraction of sp³-hybridized carbons (Fsp3) is 0.529. The summed E-state index contributed by atoms with van der Waals surface area (Å²) < 4.78 is 0. The molecule has 1 N–H and O–H groups in total. The summed E-state index contributed by atoms with van der Waals surface area (Å²) in [5.74, 6) is 0. The van der Waals surface area contributed by atoms with Gasteiger partial charge in [-0.25, -0.2) is 0 Å². The zero-order valence-corrected chi connectivity index (χ0v) is 11.5. The van der Waals surface area contributed by atoms with E-state index in [2.05, 4.69) is 25.1 Å². The van der Waals surface area contributed by atoms with Crippen molar-refractivity contribution in [3.8, 4) is 0 Å². The Balaban J connectivity index is 2.10. The highest BCUT2D eigenvalue weighted by Crippen LogP contribution is 2.07. The molecule has 18 heavy (non-hydrogen) atoms. The van der Waals surface area contributed by atoms with E-state index < -0.39 is 0 Å². The van der Waals surface area contributed by atoms with Gasteiger partial charge < -0.3 is 5.11 Å². The minimum atomic E-state index is -0.295. The molecule has 0 saturated carbocycles. The molecule has 1 rings (SSSR count). The van der Waals surface area contributed by atoms with Crippen LogP contribution in [-0.2, 0) is 6.42 Å². The van der Waals surface area contributed by atoms with Gasteiger partial charge in [0, 0.05) is 0 Å². The molecule has 0 aliphatic carbocycles. The third-order valence-corrected chi connectivity index (χ3v) is 3.15. The number of aliphatic hydroxyl groups is 1. The second kappa shape index (κ2) is 9.90. The number of benzene rings is 1. The number of hydrogen-bond donors (Lipinski definition) is 1. The van der Waals surface area contributed by atoms with Gasteiger partial charge in [-0.05, 0) is 31.2 Å². The van der Waals surface area contributed by atoms with Crippen molar-refractivity contribution in [1.29, 1.82) is 0 Å². The Morgan fingerprint density at radius 3 is 2.61 bits per heavy atom. The second-order valence-electron chi connectivity index (χ2n) is 4.87. The summed E-state index contributed by atoms with van der Waals surface area (Å²) in [4.78, 5) is 0. The van der Waals surface area contributed by atoms with Crippen molar-refractivity contribution in [2.24, 2.45) is 0 Å². The first kappa shape index (κ1) is 15.0. The highest BCUT2D eigenvalue weighted by atomic mass is 16.3. The Morgan fingerprint density at radius 2 is 1.89 bits per heavy atom. The number of unbranched alkanes of at least 4 members (excludes halogenated alkanes) is 4. The number of hydrogen-bond acceptors (Lipinski definition) is 1. The van der Waals surface area contributed by atoms with E-state index in [0.29, 0.717) is 0 Å². The van der Waals surface area contributed by atoms with Gasteiger partial charge in [-0.1, -0.05) is 68.7 Å². The Hall–Kier alpha value is -1.08. The molecule has 0 fully saturated rings. The van der Waals surface area contributed by atoms with Crippen LogP contribution >= 0.6 is 0 Å². The van der Waals surface area contributed by atoms with Crippen LogP contribution in [0.15, 0.2) is 42.5 Å². The SMILES string of the molecule is CCCCCCC=CC(O)CCc1ccccc1. The standard InChI is InChI=1S/C17H26O/c1-2-3-4-5-6-10-13-17(18)15-14-16-11-8-7-9-12-16/h7-13,17-18H,2-6,14-15H2,1H3. The molecule has 0 aliphatic rings. The van der Waals surface area contributed by atoms with E-state index in [1.54, 1.807) is 0 Å². The molecule has 0 radical (unpaired) electrons. The maximum absolute atomic E-state index is 9.83. The largest absolute Gasteiger partial charge is 0.389 e. The van der Waals surface area contributed by atoms with Gasteiger partial charge in [0.1, 0.15) is 0 Å². The third-order valence-electron chi connectivity index (χ3n) is 3.15. The molecule has 1 aromatic rings. The Kier molecular flexibility index (Phi) is 8.24. The van der Waals surface area contributed by atoms with Crippen LogP contribution < -0.4 is 0 Å². The number of aryl methyl sites for hydroxylation is 1. The lowest BCUT2D eigenvalue weighted by molar-refractivity contribution is 0.212. The molecule has 1 heteroatoms. The highest BCUT2D eigenvalue weighted by Gasteiger charge is 1.99. The van der Waals surface area contributed by atoms with Gasteiger partial charge in [0.2, 0.25) is 0 Å². The van der Waals surface area contributed by atoms with Crippen molar-refractivity contribution in [2.45, 2.75) is 58.0 Å². The molecule has 0 spiro atoms. The molecule has 1 unspecified atom stereocenters. The van der Waals surface area contributed by atoms with Crippen molar-refractivity contribution in [3.05, 3.63) is 48.0 Å². The average molecular weight is 246 g/mol. The van der Waals surface area contributed by atoms with Crippen molar-refractivity contribution in [1.82, 2.24) is 0 Å². The van der Waals surface area contributed by atoms with Crippen LogP contribution in [0.1, 0.15) is 51.0 Å². The van der Waals surface area contributed by atoms with Crippen molar-refractivity contribution in [3.63, 3.8) is 0 Å². The summed E-state index contributed by atoms with van der Waals surface area (Å²) >= 11 is 0. The molecular weight excluding hydrogens is 220 g/mol. The third kappa shape index (κ3) is 7.29. The summed E-state index contributed by atoms with van der Waals surface area (Å²) in [5.41, 5.74) is 1.30. The van der Waals surface area contributed by atoms with Crippen molar-refractivity contribution < 1.29 is 5.11 Å². The van der Waals surface area contributed by atoms with Crippen LogP contribution in [0.5, 0.6) is 0 Å². The van der Waals surface area contributed by atoms with E-state index in [1.807, 2.05) is 24.3 Å². The molecule has 0 bridgehead atoms. The monoisotopic (exact) mass is 246 g/mol. The van der Waals surface area contributed by atoms with Gasteiger partial charge in [0.05, 0.1) is 6.10 Å². The van der Waals surface area contributed by atoms with Gasteiger partial charge >= 0.3 is 0 Å². The van der Waals surface area contributed by atoms with Gasteiger partial charge in [0.15, 0.2) is 0 Å². The highest BCUT2D eigenvalue weighted by molar-refractivity contribution is 5.14. The molecule has 1 nitrogen and oxygen atoms in total. The molecule has 0 saturated heterocycles. The van der Waals surface area contributed by atoms with Gasteiger partial charge in [-0.2, -0.15) is 0 Å². The van der Waals surface area contributed by atoms with Crippen LogP contribution in [0, 0.1) is 0 Å². The lowest BCUT2D eigenvalue weighted by Crippen LogP contribution is -2.03. The molecule has 1 atom stereocenters. The van der Waals surface area contributed by atoms with E-state index in [9.17, 15) is 5.11 Å². The predicted molar refractivity (Wildman–Crippen MR) is 78.7 cm³/mol. The quantitative estimate of drug-likeness (QED) is 0.502. The first-order valence-corrected chi connectivity index (χ1v) is 7.21. The second-order valence-corrected chi connectivity index (χ2v) is 4.87. The van der Waals surface area contributed by atoms with Crippen LogP contribution in [0.2, 0.25) is 0 Å². The van der Waals surface area contributed by atoms with Gasteiger partial charge in [-0.3, -0.25) is 0 Å². The number of allylic oxidation sites excluding steroid dienone is 1. The number of aliphatic hydroxyl groups excluding tert-OH is 1. The fourth-order valence-electron chi connectivity index (χ4n) is 2.00. The first-order valence-electron chi connectivity index (χ1n) is 7.21. The molecular formula is C17H26O. The fourth-order valence-corrected chi connectivity index (χ4v) is 2.00. The summed E-state index contributed by atoms with van der Waals surface area (Å²) in [7, 11) is 0. The summed E-state index contributed by atoms with van der Waals surface area (Å²) in [5, 5.41) is 9.83. The van der Waals surface area contributed by atoms with Crippen LogP contribution in [-0.4, -0.2) is 11.2 Å². The van der Waals surface area contributed by atoms with Crippen LogP contribution in [0.3, 0.4) is 0 Å². The predicted octanol–water partition coefficient (Wildman–Crippen LogP) is 4.51. The molecule has 100 valence electrons. The topological polar surface area (TPSA) is 20.2 Å². The maximum Gasteiger partial charge on any atom is 0.0724 e. The van der Waals surface area contributed by atoms with Gasteiger partial charge in [-0.15, -0.1) is 0 Å². The van der Waals surface area contributed by atoms with Crippen molar-refractivity contribution >= 4 is 0 Å². The molecule has 1 aromatic carbocycles. The van der Waals surface area contributed by atoms with E-state index in [1.165, 1.54) is 31.2 Å². The zero-order chi connectivity index (χ0) is 13.1. The lowest BCUT2D eigenvalue weighted by Gasteiger charge is -2.05. The Bertz CT molecular complexity index is 316. The summed E-state index contributed by atoms with van der Waals surface area (Å²) in [6.45, 7) is 2.23. The molecule has 0 aliphatic heterocycles. The Morgan fingerprint density at radius 1 is 1.11 bits per heavy atom. The van der Waals surface area contributed by atoms with E-state index in [-0.39, 0.29) is 6.10 Å². The molecule has 0 aromatic heterocycles. The first-order chi connectivity index (χ1) is 8.83. The average Bonchev–Trinajstić information content (AvgIpc) is 2.41. The minimum Gasteiger partial charge on any atom is -0.389 e.